The summed E-state index contributed by atoms with van der Waals surface area (Å²) < 4.78 is 0. The SMILES string of the molecule is Cc1ccccc1C1c2ccsc2CCN1CCC(=O)N1CCN(C(=O)c2ccc3ccccc3c2)CC1. The summed E-state index contributed by atoms with van der Waals surface area (Å²) in [7, 11) is 0. The van der Waals surface area contributed by atoms with Gasteiger partial charge >= 0.3 is 0 Å². The van der Waals surface area contributed by atoms with Crippen LogP contribution in [0.3, 0.4) is 0 Å². The monoisotopic (exact) mass is 523 g/mol. The molecular weight excluding hydrogens is 490 g/mol. The van der Waals surface area contributed by atoms with E-state index in [0.29, 0.717) is 38.2 Å². The highest BCUT2D eigenvalue weighted by molar-refractivity contribution is 7.10. The highest BCUT2D eigenvalue weighted by Gasteiger charge is 2.31. The first-order valence-corrected chi connectivity index (χ1v) is 14.4. The van der Waals surface area contributed by atoms with E-state index in [2.05, 4.69) is 53.6 Å². The van der Waals surface area contributed by atoms with Gasteiger partial charge in [0.1, 0.15) is 0 Å². The number of thiophene rings is 1. The molecule has 0 saturated carbocycles. The van der Waals surface area contributed by atoms with E-state index in [-0.39, 0.29) is 17.9 Å². The molecule has 0 aliphatic carbocycles. The Morgan fingerprint density at radius 3 is 2.37 bits per heavy atom. The molecule has 0 bridgehead atoms. The van der Waals surface area contributed by atoms with Crippen LogP contribution in [0, 0.1) is 6.92 Å². The molecule has 1 saturated heterocycles. The zero-order valence-corrected chi connectivity index (χ0v) is 22.6. The molecule has 2 aliphatic rings. The maximum Gasteiger partial charge on any atom is 0.253 e. The van der Waals surface area contributed by atoms with Gasteiger partial charge in [-0.1, -0.05) is 54.6 Å². The number of aryl methyl sites for hydroxylation is 1. The Balaban J connectivity index is 1.07. The average Bonchev–Trinajstić information content (AvgIpc) is 3.44. The summed E-state index contributed by atoms with van der Waals surface area (Å²) in [6, 6.07) is 25.1. The minimum Gasteiger partial charge on any atom is -0.339 e. The van der Waals surface area contributed by atoms with Crippen molar-refractivity contribution in [1.29, 1.82) is 0 Å². The summed E-state index contributed by atoms with van der Waals surface area (Å²) in [6.45, 7) is 6.22. The van der Waals surface area contributed by atoms with Crippen LogP contribution in [0.5, 0.6) is 0 Å². The van der Waals surface area contributed by atoms with Crippen molar-refractivity contribution in [3.05, 3.63) is 105 Å². The Bertz CT molecular complexity index is 1470. The first kappa shape index (κ1) is 24.8. The van der Waals surface area contributed by atoms with Crippen LogP contribution < -0.4 is 0 Å². The number of rotatable bonds is 5. The van der Waals surface area contributed by atoms with Crippen molar-refractivity contribution < 1.29 is 9.59 Å². The van der Waals surface area contributed by atoms with Gasteiger partial charge in [0.25, 0.3) is 5.91 Å². The lowest BCUT2D eigenvalue weighted by molar-refractivity contribution is -0.133. The molecule has 2 amide bonds. The third-order valence-corrected chi connectivity index (χ3v) is 9.07. The molecule has 1 atom stereocenters. The van der Waals surface area contributed by atoms with E-state index >= 15 is 0 Å². The van der Waals surface area contributed by atoms with Crippen molar-refractivity contribution in [2.45, 2.75) is 25.8 Å². The number of carbonyl (C=O) groups is 2. The van der Waals surface area contributed by atoms with Crippen molar-refractivity contribution in [2.75, 3.05) is 39.3 Å². The second-order valence-electron chi connectivity index (χ2n) is 10.3. The molecule has 0 spiro atoms. The highest BCUT2D eigenvalue weighted by Crippen LogP contribution is 2.38. The number of hydrogen-bond acceptors (Lipinski definition) is 4. The molecule has 5 nitrogen and oxygen atoms in total. The van der Waals surface area contributed by atoms with E-state index in [0.717, 1.165) is 30.3 Å². The Morgan fingerprint density at radius 2 is 1.55 bits per heavy atom. The highest BCUT2D eigenvalue weighted by atomic mass is 32.1. The third kappa shape index (κ3) is 4.86. The summed E-state index contributed by atoms with van der Waals surface area (Å²) in [5.41, 5.74) is 4.73. The molecule has 1 fully saturated rings. The van der Waals surface area contributed by atoms with Gasteiger partial charge in [0.05, 0.1) is 6.04 Å². The fourth-order valence-electron chi connectivity index (χ4n) is 5.93. The fourth-order valence-corrected chi connectivity index (χ4v) is 6.83. The Kier molecular flexibility index (Phi) is 7.00. The number of benzene rings is 3. The van der Waals surface area contributed by atoms with Crippen LogP contribution in [0.1, 0.15) is 44.4 Å². The maximum absolute atomic E-state index is 13.2. The van der Waals surface area contributed by atoms with Crippen LogP contribution in [0.2, 0.25) is 0 Å². The van der Waals surface area contributed by atoms with Gasteiger partial charge in [0.15, 0.2) is 0 Å². The Morgan fingerprint density at radius 1 is 0.816 bits per heavy atom. The van der Waals surface area contributed by atoms with Crippen molar-refractivity contribution in [2.24, 2.45) is 0 Å². The van der Waals surface area contributed by atoms with Gasteiger partial charge in [-0.05, 0) is 64.4 Å². The molecule has 4 aromatic rings. The molecule has 38 heavy (non-hydrogen) atoms. The zero-order valence-electron chi connectivity index (χ0n) is 21.8. The topological polar surface area (TPSA) is 43.9 Å². The number of fused-ring (bicyclic) bond motifs is 2. The molecular formula is C32H33N3O2S. The average molecular weight is 524 g/mol. The summed E-state index contributed by atoms with van der Waals surface area (Å²) in [5, 5.41) is 4.40. The normalized spacial score (nSPS) is 18.0. The third-order valence-electron chi connectivity index (χ3n) is 8.08. The number of piperazine rings is 1. The summed E-state index contributed by atoms with van der Waals surface area (Å²) in [5.74, 6) is 0.228. The van der Waals surface area contributed by atoms with Crippen molar-refractivity contribution >= 4 is 33.9 Å². The quantitative estimate of drug-likeness (QED) is 0.345. The predicted octanol–water partition coefficient (Wildman–Crippen LogP) is 5.53. The van der Waals surface area contributed by atoms with E-state index in [1.807, 2.05) is 57.5 Å². The largest absolute Gasteiger partial charge is 0.339 e. The van der Waals surface area contributed by atoms with Gasteiger partial charge in [-0.25, -0.2) is 0 Å². The Labute approximate surface area is 228 Å². The van der Waals surface area contributed by atoms with Gasteiger partial charge in [-0.3, -0.25) is 14.5 Å². The van der Waals surface area contributed by atoms with Crippen LogP contribution >= 0.6 is 11.3 Å². The summed E-state index contributed by atoms with van der Waals surface area (Å²) in [6.07, 6.45) is 1.54. The summed E-state index contributed by atoms with van der Waals surface area (Å²) >= 11 is 1.85. The standard InChI is InChI=1S/C32H33N3O2S/c1-23-6-2-5-9-27(23)31-28-14-21-38-29(28)12-15-34(31)16-13-30(36)33-17-19-35(20-18-33)32(37)26-11-10-24-7-3-4-8-25(24)22-26/h2-11,14,21-22,31H,12-13,15-20H2,1H3. The molecule has 2 aliphatic heterocycles. The van der Waals surface area contributed by atoms with Gasteiger partial charge in [-0.15, -0.1) is 11.3 Å². The molecule has 1 unspecified atom stereocenters. The molecule has 6 heteroatoms. The minimum absolute atomic E-state index is 0.0452. The van der Waals surface area contributed by atoms with Gasteiger partial charge in [-0.2, -0.15) is 0 Å². The molecule has 6 rings (SSSR count). The molecule has 194 valence electrons. The number of hydrogen-bond donors (Lipinski definition) is 0. The molecule has 3 heterocycles. The van der Waals surface area contributed by atoms with Gasteiger partial charge in [0, 0.05) is 56.1 Å². The maximum atomic E-state index is 13.2. The lowest BCUT2D eigenvalue weighted by atomic mass is 9.90. The number of nitrogens with zero attached hydrogens (tertiary/aromatic N) is 3. The lowest BCUT2D eigenvalue weighted by Gasteiger charge is -2.38. The van der Waals surface area contributed by atoms with E-state index in [1.54, 1.807) is 0 Å². The summed E-state index contributed by atoms with van der Waals surface area (Å²) in [4.78, 5) is 34.1. The Hall–Kier alpha value is -3.48. The zero-order chi connectivity index (χ0) is 26.1. The van der Waals surface area contributed by atoms with E-state index in [4.69, 9.17) is 0 Å². The number of amides is 2. The van der Waals surface area contributed by atoms with Crippen LogP contribution in [0.4, 0.5) is 0 Å². The van der Waals surface area contributed by atoms with E-state index in [1.165, 1.54) is 21.6 Å². The second kappa shape index (κ2) is 10.7. The lowest BCUT2D eigenvalue weighted by Crippen LogP contribution is -2.51. The second-order valence-corrected chi connectivity index (χ2v) is 11.3. The molecule has 0 N–H and O–H groups in total. The molecule has 3 aromatic carbocycles. The van der Waals surface area contributed by atoms with Gasteiger partial charge < -0.3 is 9.80 Å². The fraction of sp³-hybridized carbons (Fsp3) is 0.312. The van der Waals surface area contributed by atoms with E-state index < -0.39 is 0 Å². The molecule has 0 radical (unpaired) electrons. The predicted molar refractivity (Wildman–Crippen MR) is 154 cm³/mol. The van der Waals surface area contributed by atoms with Crippen LogP contribution in [-0.4, -0.2) is 65.8 Å². The van der Waals surface area contributed by atoms with Crippen molar-refractivity contribution in [3.8, 4) is 0 Å². The van der Waals surface area contributed by atoms with Gasteiger partial charge in [0.2, 0.25) is 5.91 Å². The van der Waals surface area contributed by atoms with Crippen LogP contribution in [0.25, 0.3) is 10.8 Å². The smallest absolute Gasteiger partial charge is 0.253 e. The minimum atomic E-state index is 0.0452. The number of carbonyl (C=O) groups excluding carboxylic acids is 2. The van der Waals surface area contributed by atoms with Crippen molar-refractivity contribution in [3.63, 3.8) is 0 Å². The molecule has 1 aromatic heterocycles. The van der Waals surface area contributed by atoms with Crippen LogP contribution in [0.15, 0.2) is 78.2 Å². The van der Waals surface area contributed by atoms with Crippen molar-refractivity contribution in [1.82, 2.24) is 14.7 Å². The van der Waals surface area contributed by atoms with E-state index in [9.17, 15) is 9.59 Å². The van der Waals surface area contributed by atoms with Crippen LogP contribution in [-0.2, 0) is 11.2 Å². The first-order chi connectivity index (χ1) is 18.6. The first-order valence-electron chi connectivity index (χ1n) is 13.5.